The molecule has 2 nitrogen and oxygen atoms in total. The van der Waals surface area contributed by atoms with Gasteiger partial charge in [0, 0.05) is 10.7 Å². The van der Waals surface area contributed by atoms with Crippen LogP contribution in [0.3, 0.4) is 0 Å². The van der Waals surface area contributed by atoms with Crippen molar-refractivity contribution in [3.63, 3.8) is 0 Å². The largest absolute Gasteiger partial charge is 0.224 e. The highest BCUT2D eigenvalue weighted by molar-refractivity contribution is 9.10. The first-order chi connectivity index (χ1) is 11.7. The maximum atomic E-state index is 14.2. The second kappa shape index (κ2) is 6.50. The molecule has 1 aliphatic carbocycles. The molecule has 25 heavy (non-hydrogen) atoms. The topological polar surface area (TPSA) is 34.1 Å². The second-order valence-corrected chi connectivity index (χ2v) is 8.78. The summed E-state index contributed by atoms with van der Waals surface area (Å²) in [6.45, 7) is 1.97. The van der Waals surface area contributed by atoms with Gasteiger partial charge in [0.05, 0.1) is 0 Å². The molecule has 0 aromatic heterocycles. The monoisotopic (exact) mass is 424 g/mol. The molecule has 0 unspecified atom stereocenters. The van der Waals surface area contributed by atoms with Gasteiger partial charge in [0.2, 0.25) is 0 Å². The van der Waals surface area contributed by atoms with Crippen LogP contribution in [0, 0.1) is 18.6 Å². The van der Waals surface area contributed by atoms with Crippen molar-refractivity contribution in [2.45, 2.75) is 18.2 Å². The number of benzene rings is 2. The standard InChI is InChI=1S/C19H15BrF2O2S/c1-11-8-12(6-7-16(11)20)14-4-3-5-15(14)13-9-17(21)19(18(22)10-13)25(2,23)24/h4-10H,3H2,1-2H3. The molecule has 0 bridgehead atoms. The van der Waals surface area contributed by atoms with E-state index in [0.29, 0.717) is 17.6 Å². The predicted octanol–water partition coefficient (Wildman–Crippen LogP) is 5.31. The van der Waals surface area contributed by atoms with E-state index >= 15 is 0 Å². The van der Waals surface area contributed by atoms with Crippen molar-refractivity contribution in [2.24, 2.45) is 0 Å². The van der Waals surface area contributed by atoms with Gasteiger partial charge in [-0.2, -0.15) is 0 Å². The van der Waals surface area contributed by atoms with Gasteiger partial charge < -0.3 is 0 Å². The molecule has 6 heteroatoms. The Bertz CT molecular complexity index is 1010. The Balaban J connectivity index is 2.08. The molecule has 2 aromatic carbocycles. The van der Waals surface area contributed by atoms with E-state index in [0.717, 1.165) is 39.6 Å². The van der Waals surface area contributed by atoms with Crippen molar-refractivity contribution >= 4 is 36.9 Å². The van der Waals surface area contributed by atoms with Crippen LogP contribution in [0.15, 0.2) is 51.9 Å². The number of allylic oxidation sites excluding steroid dienone is 4. The van der Waals surface area contributed by atoms with E-state index in [2.05, 4.69) is 15.9 Å². The number of halogens is 3. The normalized spacial score (nSPS) is 14.4. The predicted molar refractivity (Wildman–Crippen MR) is 98.9 cm³/mol. The molecule has 0 saturated heterocycles. The van der Waals surface area contributed by atoms with E-state index in [4.69, 9.17) is 0 Å². The quantitative estimate of drug-likeness (QED) is 0.668. The van der Waals surface area contributed by atoms with Gasteiger partial charge in [-0.15, -0.1) is 0 Å². The Kier molecular flexibility index (Phi) is 4.68. The van der Waals surface area contributed by atoms with Crippen LogP contribution in [0.1, 0.15) is 23.1 Å². The summed E-state index contributed by atoms with van der Waals surface area (Å²) < 4.78 is 52.6. The van der Waals surface area contributed by atoms with Gasteiger partial charge >= 0.3 is 0 Å². The molecular formula is C19H15BrF2O2S. The van der Waals surface area contributed by atoms with Crippen LogP contribution in [0.5, 0.6) is 0 Å². The Morgan fingerprint density at radius 1 is 0.960 bits per heavy atom. The molecule has 130 valence electrons. The van der Waals surface area contributed by atoms with E-state index in [9.17, 15) is 17.2 Å². The lowest BCUT2D eigenvalue weighted by Gasteiger charge is -2.13. The molecule has 0 saturated carbocycles. The molecule has 0 amide bonds. The number of aryl methyl sites for hydroxylation is 1. The highest BCUT2D eigenvalue weighted by atomic mass is 79.9. The number of rotatable bonds is 3. The lowest BCUT2D eigenvalue weighted by molar-refractivity contribution is 0.521. The average molecular weight is 425 g/mol. The van der Waals surface area contributed by atoms with Gasteiger partial charge in [0.25, 0.3) is 0 Å². The minimum atomic E-state index is -3.97. The van der Waals surface area contributed by atoms with Gasteiger partial charge in [0.15, 0.2) is 9.84 Å². The van der Waals surface area contributed by atoms with Gasteiger partial charge in [-0.25, -0.2) is 17.2 Å². The van der Waals surface area contributed by atoms with E-state index in [1.165, 1.54) is 0 Å². The first-order valence-electron chi connectivity index (χ1n) is 7.55. The van der Waals surface area contributed by atoms with Gasteiger partial charge in [0.1, 0.15) is 16.5 Å². The molecule has 0 radical (unpaired) electrons. The summed E-state index contributed by atoms with van der Waals surface area (Å²) in [6.07, 6.45) is 5.30. The van der Waals surface area contributed by atoms with Gasteiger partial charge in [-0.3, -0.25) is 0 Å². The Morgan fingerprint density at radius 2 is 1.52 bits per heavy atom. The molecule has 0 atom stereocenters. The molecule has 0 fully saturated rings. The van der Waals surface area contributed by atoms with Crippen LogP contribution in [0.4, 0.5) is 8.78 Å². The van der Waals surface area contributed by atoms with E-state index < -0.39 is 26.4 Å². The first kappa shape index (κ1) is 18.0. The van der Waals surface area contributed by atoms with Crippen LogP contribution < -0.4 is 0 Å². The zero-order valence-corrected chi connectivity index (χ0v) is 16.0. The van der Waals surface area contributed by atoms with E-state index in [1.54, 1.807) is 0 Å². The van der Waals surface area contributed by atoms with Crippen molar-refractivity contribution in [2.75, 3.05) is 6.26 Å². The number of hydrogen-bond acceptors (Lipinski definition) is 2. The molecule has 0 aliphatic heterocycles. The summed E-state index contributed by atoms with van der Waals surface area (Å²) in [6, 6.07) is 8.01. The first-order valence-corrected chi connectivity index (χ1v) is 10.2. The van der Waals surface area contributed by atoms with Crippen LogP contribution in [-0.2, 0) is 9.84 Å². The third kappa shape index (κ3) is 3.46. The molecule has 0 N–H and O–H groups in total. The SMILES string of the molecule is Cc1cc(C2=CCC=C2c2cc(F)c(S(C)(=O)=O)c(F)c2)ccc1Br. The highest BCUT2D eigenvalue weighted by Crippen LogP contribution is 2.38. The van der Waals surface area contributed by atoms with Crippen molar-refractivity contribution in [1.82, 2.24) is 0 Å². The summed E-state index contributed by atoms with van der Waals surface area (Å²) >= 11 is 3.45. The van der Waals surface area contributed by atoms with Crippen molar-refractivity contribution < 1.29 is 17.2 Å². The fraction of sp³-hybridized carbons (Fsp3) is 0.158. The molecule has 0 heterocycles. The fourth-order valence-electron chi connectivity index (χ4n) is 2.94. The summed E-state index contributed by atoms with van der Waals surface area (Å²) in [4.78, 5) is -0.889. The lowest BCUT2D eigenvalue weighted by atomic mass is 9.94. The maximum Gasteiger partial charge on any atom is 0.181 e. The van der Waals surface area contributed by atoms with Crippen LogP contribution in [0.25, 0.3) is 11.1 Å². The Morgan fingerprint density at radius 3 is 2.04 bits per heavy atom. The Hall–Kier alpha value is -1.79. The summed E-state index contributed by atoms with van der Waals surface area (Å²) in [7, 11) is -3.97. The summed E-state index contributed by atoms with van der Waals surface area (Å²) in [5.41, 5.74) is 3.89. The maximum absolute atomic E-state index is 14.2. The van der Waals surface area contributed by atoms with Crippen molar-refractivity contribution in [3.05, 3.63) is 75.3 Å². The van der Waals surface area contributed by atoms with Crippen molar-refractivity contribution in [3.8, 4) is 0 Å². The van der Waals surface area contributed by atoms with Gasteiger partial charge in [-0.1, -0.05) is 40.2 Å². The van der Waals surface area contributed by atoms with E-state index in [-0.39, 0.29) is 0 Å². The lowest BCUT2D eigenvalue weighted by Crippen LogP contribution is -2.05. The number of sulfone groups is 1. The van der Waals surface area contributed by atoms with Crippen LogP contribution in [0.2, 0.25) is 0 Å². The summed E-state index contributed by atoms with van der Waals surface area (Å²) in [5.74, 6) is -2.15. The smallest absolute Gasteiger partial charge is 0.181 e. The Labute approximate surface area is 153 Å². The van der Waals surface area contributed by atoms with Crippen LogP contribution >= 0.6 is 15.9 Å². The van der Waals surface area contributed by atoms with E-state index in [1.807, 2.05) is 37.3 Å². The summed E-state index contributed by atoms with van der Waals surface area (Å²) in [5, 5.41) is 0. The average Bonchev–Trinajstić information content (AvgIpc) is 2.97. The third-order valence-corrected chi connectivity index (χ3v) is 6.10. The van der Waals surface area contributed by atoms with Crippen molar-refractivity contribution in [1.29, 1.82) is 0 Å². The minimum absolute atomic E-state index is 0.326. The highest BCUT2D eigenvalue weighted by Gasteiger charge is 2.23. The molecule has 3 rings (SSSR count). The zero-order valence-electron chi connectivity index (χ0n) is 13.6. The second-order valence-electron chi connectivity index (χ2n) is 5.98. The molecular weight excluding hydrogens is 410 g/mol. The number of hydrogen-bond donors (Lipinski definition) is 0. The fourth-order valence-corrected chi connectivity index (χ4v) is 4.02. The van der Waals surface area contributed by atoms with Crippen LogP contribution in [-0.4, -0.2) is 14.7 Å². The zero-order chi connectivity index (χ0) is 18.4. The third-order valence-electron chi connectivity index (χ3n) is 4.08. The molecule has 0 spiro atoms. The molecule has 1 aliphatic rings. The van der Waals surface area contributed by atoms with Gasteiger partial charge in [-0.05, 0) is 59.4 Å². The minimum Gasteiger partial charge on any atom is -0.224 e. The molecule has 2 aromatic rings.